The van der Waals surface area contributed by atoms with Crippen molar-refractivity contribution in [3.8, 4) is 17.2 Å². The van der Waals surface area contributed by atoms with Crippen LogP contribution in [0, 0.1) is 0 Å². The van der Waals surface area contributed by atoms with Crippen LogP contribution in [0.15, 0.2) is 51.7 Å². The van der Waals surface area contributed by atoms with Crippen molar-refractivity contribution in [3.05, 3.63) is 64.0 Å². The predicted molar refractivity (Wildman–Crippen MR) is 119 cm³/mol. The standard InChI is InChI=1S/C24H28N2O5/c1-28-22-9-8-17(23(29-2)24(22)30-3)15-25-10-12-26(13-11-25)16-18-14-20(27)19-6-4-5-7-21(19)31-18/h4-9,14H,10-13,15-16H2,1-3H3. The average Bonchev–Trinajstić information content (AvgIpc) is 2.80. The number of ether oxygens (including phenoxy) is 3. The van der Waals surface area contributed by atoms with E-state index in [9.17, 15) is 4.79 Å². The van der Waals surface area contributed by atoms with Crippen LogP contribution in [0.5, 0.6) is 17.2 Å². The highest BCUT2D eigenvalue weighted by Gasteiger charge is 2.22. The molecule has 7 heteroatoms. The lowest BCUT2D eigenvalue weighted by atomic mass is 10.1. The minimum absolute atomic E-state index is 0.0102. The van der Waals surface area contributed by atoms with Crippen molar-refractivity contribution >= 4 is 11.0 Å². The summed E-state index contributed by atoms with van der Waals surface area (Å²) in [6, 6.07) is 12.9. The lowest BCUT2D eigenvalue weighted by Gasteiger charge is -2.34. The smallest absolute Gasteiger partial charge is 0.203 e. The normalized spacial score (nSPS) is 15.2. The van der Waals surface area contributed by atoms with Crippen LogP contribution in [0.25, 0.3) is 11.0 Å². The number of para-hydroxylation sites is 1. The number of methoxy groups -OCH3 is 3. The van der Waals surface area contributed by atoms with E-state index >= 15 is 0 Å². The number of nitrogens with zero attached hydrogens (tertiary/aromatic N) is 2. The Morgan fingerprint density at radius 3 is 2.19 bits per heavy atom. The van der Waals surface area contributed by atoms with Crippen molar-refractivity contribution in [2.75, 3.05) is 47.5 Å². The number of fused-ring (bicyclic) bond motifs is 1. The van der Waals surface area contributed by atoms with Gasteiger partial charge < -0.3 is 18.6 Å². The number of piperazine rings is 1. The van der Waals surface area contributed by atoms with Crippen molar-refractivity contribution in [1.82, 2.24) is 9.80 Å². The Kier molecular flexibility index (Phi) is 6.44. The van der Waals surface area contributed by atoms with Gasteiger partial charge in [0, 0.05) is 44.4 Å². The first-order valence-corrected chi connectivity index (χ1v) is 10.4. The van der Waals surface area contributed by atoms with Crippen molar-refractivity contribution < 1.29 is 18.6 Å². The molecule has 31 heavy (non-hydrogen) atoms. The summed E-state index contributed by atoms with van der Waals surface area (Å²) in [7, 11) is 4.89. The Bertz CT molecular complexity index is 1100. The molecule has 0 radical (unpaired) electrons. The van der Waals surface area contributed by atoms with Crippen LogP contribution in [-0.2, 0) is 13.1 Å². The summed E-state index contributed by atoms with van der Waals surface area (Å²) in [6.45, 7) is 5.01. The quantitative estimate of drug-likeness (QED) is 0.577. The van der Waals surface area contributed by atoms with Gasteiger partial charge in [-0.3, -0.25) is 14.6 Å². The molecule has 0 bridgehead atoms. The summed E-state index contributed by atoms with van der Waals surface area (Å²) in [6.07, 6.45) is 0. The fourth-order valence-electron chi connectivity index (χ4n) is 4.09. The molecule has 0 saturated carbocycles. The van der Waals surface area contributed by atoms with Gasteiger partial charge in [-0.05, 0) is 18.2 Å². The molecule has 1 fully saturated rings. The molecular formula is C24H28N2O5. The Morgan fingerprint density at radius 2 is 1.52 bits per heavy atom. The second-order valence-electron chi connectivity index (χ2n) is 7.62. The van der Waals surface area contributed by atoms with Gasteiger partial charge in [0.2, 0.25) is 5.75 Å². The third-order valence-corrected chi connectivity index (χ3v) is 5.71. The summed E-state index contributed by atoms with van der Waals surface area (Å²) < 4.78 is 22.4. The maximum absolute atomic E-state index is 12.3. The molecule has 2 aromatic carbocycles. The fourth-order valence-corrected chi connectivity index (χ4v) is 4.09. The third-order valence-electron chi connectivity index (χ3n) is 5.71. The zero-order valence-corrected chi connectivity index (χ0v) is 18.2. The molecule has 0 unspecified atom stereocenters. The highest BCUT2D eigenvalue weighted by Crippen LogP contribution is 2.40. The molecule has 0 spiro atoms. The highest BCUT2D eigenvalue weighted by atomic mass is 16.5. The second kappa shape index (κ2) is 9.41. The van der Waals surface area contributed by atoms with Gasteiger partial charge in [0.25, 0.3) is 0 Å². The number of hydrogen-bond acceptors (Lipinski definition) is 7. The number of hydrogen-bond donors (Lipinski definition) is 0. The molecule has 0 amide bonds. The minimum atomic E-state index is 0.0102. The first-order chi connectivity index (χ1) is 15.1. The van der Waals surface area contributed by atoms with Crippen LogP contribution in [0.4, 0.5) is 0 Å². The summed E-state index contributed by atoms with van der Waals surface area (Å²) in [5.41, 5.74) is 1.72. The van der Waals surface area contributed by atoms with Crippen molar-refractivity contribution in [2.24, 2.45) is 0 Å². The van der Waals surface area contributed by atoms with Gasteiger partial charge >= 0.3 is 0 Å². The zero-order chi connectivity index (χ0) is 21.8. The summed E-state index contributed by atoms with van der Waals surface area (Å²) in [4.78, 5) is 17.0. The van der Waals surface area contributed by atoms with Gasteiger partial charge in [-0.25, -0.2) is 0 Å². The fraction of sp³-hybridized carbons (Fsp3) is 0.375. The SMILES string of the molecule is COc1ccc(CN2CCN(Cc3cc(=O)c4ccccc4o3)CC2)c(OC)c1OC. The Morgan fingerprint density at radius 1 is 0.839 bits per heavy atom. The largest absolute Gasteiger partial charge is 0.493 e. The molecule has 1 aromatic heterocycles. The van der Waals surface area contributed by atoms with Gasteiger partial charge in [-0.1, -0.05) is 18.2 Å². The van der Waals surface area contributed by atoms with E-state index in [1.807, 2.05) is 30.3 Å². The monoisotopic (exact) mass is 424 g/mol. The van der Waals surface area contributed by atoms with Crippen LogP contribution in [0.2, 0.25) is 0 Å². The molecule has 1 saturated heterocycles. The van der Waals surface area contributed by atoms with Crippen LogP contribution in [0.3, 0.4) is 0 Å². The molecule has 7 nitrogen and oxygen atoms in total. The van der Waals surface area contributed by atoms with E-state index in [2.05, 4.69) is 9.80 Å². The number of rotatable bonds is 7. The predicted octanol–water partition coefficient (Wildman–Crippen LogP) is 3.14. The molecule has 0 atom stereocenters. The minimum Gasteiger partial charge on any atom is -0.493 e. The molecule has 1 aliphatic heterocycles. The van der Waals surface area contributed by atoms with E-state index in [1.165, 1.54) is 0 Å². The molecule has 164 valence electrons. The molecular weight excluding hydrogens is 396 g/mol. The number of benzene rings is 2. The van der Waals surface area contributed by atoms with E-state index in [4.69, 9.17) is 18.6 Å². The van der Waals surface area contributed by atoms with Gasteiger partial charge in [-0.2, -0.15) is 0 Å². The third kappa shape index (κ3) is 4.52. The van der Waals surface area contributed by atoms with Gasteiger partial charge in [0.05, 0.1) is 33.3 Å². The molecule has 1 aliphatic rings. The van der Waals surface area contributed by atoms with E-state index in [0.717, 1.165) is 38.3 Å². The highest BCUT2D eigenvalue weighted by molar-refractivity contribution is 5.76. The van der Waals surface area contributed by atoms with Gasteiger partial charge in [0.15, 0.2) is 16.9 Å². The van der Waals surface area contributed by atoms with Crippen LogP contribution in [0.1, 0.15) is 11.3 Å². The first-order valence-electron chi connectivity index (χ1n) is 10.4. The Balaban J connectivity index is 1.40. The van der Waals surface area contributed by atoms with Crippen LogP contribution >= 0.6 is 0 Å². The first kappa shape index (κ1) is 21.2. The lowest BCUT2D eigenvalue weighted by Crippen LogP contribution is -2.45. The van der Waals surface area contributed by atoms with E-state index in [0.29, 0.717) is 40.5 Å². The molecule has 4 rings (SSSR count). The molecule has 3 aromatic rings. The average molecular weight is 424 g/mol. The van der Waals surface area contributed by atoms with Crippen molar-refractivity contribution in [2.45, 2.75) is 13.1 Å². The van der Waals surface area contributed by atoms with Crippen LogP contribution < -0.4 is 19.6 Å². The van der Waals surface area contributed by atoms with E-state index in [-0.39, 0.29) is 5.43 Å². The topological polar surface area (TPSA) is 64.4 Å². The molecule has 2 heterocycles. The van der Waals surface area contributed by atoms with Gasteiger partial charge in [-0.15, -0.1) is 0 Å². The summed E-state index contributed by atoms with van der Waals surface area (Å²) >= 11 is 0. The summed E-state index contributed by atoms with van der Waals surface area (Å²) in [5.74, 6) is 2.69. The van der Waals surface area contributed by atoms with Crippen molar-refractivity contribution in [3.63, 3.8) is 0 Å². The second-order valence-corrected chi connectivity index (χ2v) is 7.62. The van der Waals surface area contributed by atoms with Crippen LogP contribution in [-0.4, -0.2) is 57.3 Å². The zero-order valence-electron chi connectivity index (χ0n) is 18.2. The Hall–Kier alpha value is -3.03. The Labute approximate surface area is 181 Å². The van der Waals surface area contributed by atoms with E-state index in [1.54, 1.807) is 33.5 Å². The van der Waals surface area contributed by atoms with E-state index < -0.39 is 0 Å². The summed E-state index contributed by atoms with van der Waals surface area (Å²) in [5, 5.41) is 0.625. The van der Waals surface area contributed by atoms with Crippen molar-refractivity contribution in [1.29, 1.82) is 0 Å². The lowest BCUT2D eigenvalue weighted by molar-refractivity contribution is 0.115. The maximum atomic E-state index is 12.3. The maximum Gasteiger partial charge on any atom is 0.203 e. The molecule has 0 aliphatic carbocycles. The molecule has 0 N–H and O–H groups in total. The van der Waals surface area contributed by atoms with Gasteiger partial charge in [0.1, 0.15) is 11.3 Å².